The summed E-state index contributed by atoms with van der Waals surface area (Å²) in [5, 5.41) is 4.06. The minimum Gasteiger partial charge on any atom is -0.252 e. The Morgan fingerprint density at radius 1 is 0.245 bits per heavy atom. The van der Waals surface area contributed by atoms with E-state index in [1.807, 2.05) is 206 Å². The van der Waals surface area contributed by atoms with Gasteiger partial charge in [-0.25, -0.2) is 59.8 Å². The van der Waals surface area contributed by atoms with Crippen LogP contribution in [0.3, 0.4) is 0 Å². The molecular formula is C88H58Br5N13. The van der Waals surface area contributed by atoms with E-state index in [1.54, 1.807) is 18.6 Å². The molecule has 0 spiro atoms. The van der Waals surface area contributed by atoms with Crippen LogP contribution in [0.5, 0.6) is 0 Å². The van der Waals surface area contributed by atoms with E-state index >= 15 is 0 Å². The Morgan fingerprint density at radius 2 is 0.594 bits per heavy atom. The normalized spacial score (nSPS) is 11.6. The number of rotatable bonds is 7. The van der Waals surface area contributed by atoms with Gasteiger partial charge in [-0.3, -0.25) is 4.98 Å². The van der Waals surface area contributed by atoms with Crippen LogP contribution in [-0.4, -0.2) is 64.8 Å². The number of fused-ring (bicyclic) bond motifs is 8. The highest BCUT2D eigenvalue weighted by Gasteiger charge is 2.36. The second kappa shape index (κ2) is 32.0. The van der Waals surface area contributed by atoms with Crippen LogP contribution in [0.4, 0.5) is 0 Å². The summed E-state index contributed by atoms with van der Waals surface area (Å²) in [6, 6.07) is 99.9. The molecule has 8 aromatic heterocycles. The summed E-state index contributed by atoms with van der Waals surface area (Å²) < 4.78 is 3.86. The lowest BCUT2D eigenvalue weighted by Gasteiger charge is -2.22. The van der Waals surface area contributed by atoms with E-state index in [1.165, 1.54) is 22.3 Å². The summed E-state index contributed by atoms with van der Waals surface area (Å²) in [5.41, 5.74) is 22.2. The van der Waals surface area contributed by atoms with Crippen molar-refractivity contribution in [3.05, 3.63) is 350 Å². The SMILES string of the molecule is Brc1ccc(-c2nc(-c3ccccc3)c3ccccc3n2)cc1.Brc1nc(-c2ccccc2)c2cccnc2n1.Brc1nc(-c2ccccc2)c2cccnc2n1.Brc1nc(-c2ccccc2)c2ncccc2n1.CC1(C)c2cc(Br)ccc2-c2ccc(-c3nc(-c4ccccc4)c4ccccc4n3)cc21. The quantitative estimate of drug-likeness (QED) is 0.138. The Hall–Kier alpha value is -11.3. The van der Waals surface area contributed by atoms with Crippen molar-refractivity contribution < 1.29 is 0 Å². The Morgan fingerprint density at radius 3 is 1.08 bits per heavy atom. The van der Waals surface area contributed by atoms with Crippen LogP contribution in [0.2, 0.25) is 0 Å². The van der Waals surface area contributed by atoms with Crippen molar-refractivity contribution >= 4 is 135 Å². The van der Waals surface area contributed by atoms with Crippen molar-refractivity contribution in [1.29, 1.82) is 0 Å². The Balaban J connectivity index is 0.000000109. The van der Waals surface area contributed by atoms with E-state index in [9.17, 15) is 0 Å². The van der Waals surface area contributed by atoms with Gasteiger partial charge < -0.3 is 0 Å². The summed E-state index contributed by atoms with van der Waals surface area (Å²) >= 11 is 17.1. The van der Waals surface area contributed by atoms with Gasteiger partial charge in [0.05, 0.1) is 39.3 Å². The van der Waals surface area contributed by atoms with Gasteiger partial charge in [-0.05, 0) is 149 Å². The number of aromatic nitrogens is 13. The molecule has 0 atom stereocenters. The lowest BCUT2D eigenvalue weighted by Crippen LogP contribution is -2.15. The third kappa shape index (κ3) is 15.6. The van der Waals surface area contributed by atoms with Gasteiger partial charge in [0.15, 0.2) is 37.1 Å². The van der Waals surface area contributed by atoms with Crippen LogP contribution in [-0.2, 0) is 5.41 Å². The molecular weight excluding hydrogens is 1640 g/mol. The first-order chi connectivity index (χ1) is 51.9. The Labute approximate surface area is 653 Å². The van der Waals surface area contributed by atoms with E-state index in [4.69, 9.17) is 19.9 Å². The fourth-order valence-electron chi connectivity index (χ4n) is 12.7. The second-order valence-corrected chi connectivity index (χ2v) is 28.8. The maximum atomic E-state index is 5.06. The average molecular weight is 1700 g/mol. The molecule has 18 aromatic rings. The summed E-state index contributed by atoms with van der Waals surface area (Å²) in [5.74, 6) is 1.51. The molecule has 10 aromatic carbocycles. The molecule has 1 aliphatic rings. The zero-order valence-corrected chi connectivity index (χ0v) is 64.7. The number of hydrogen-bond acceptors (Lipinski definition) is 13. The monoisotopic (exact) mass is 1690 g/mol. The number of pyridine rings is 3. The topological polar surface area (TPSA) is 168 Å². The maximum absolute atomic E-state index is 5.06. The van der Waals surface area contributed by atoms with E-state index < -0.39 is 0 Å². The smallest absolute Gasteiger partial charge is 0.199 e. The number of benzene rings is 10. The molecule has 0 saturated carbocycles. The van der Waals surface area contributed by atoms with Crippen molar-refractivity contribution in [2.45, 2.75) is 19.3 Å². The van der Waals surface area contributed by atoms with Gasteiger partial charge in [0, 0.05) is 93.4 Å². The fraction of sp³-hybridized carbons (Fsp3) is 0.0341. The molecule has 18 heteroatoms. The molecule has 0 amide bonds. The van der Waals surface area contributed by atoms with Crippen molar-refractivity contribution in [3.8, 4) is 90.2 Å². The summed E-state index contributed by atoms with van der Waals surface area (Å²) in [6.45, 7) is 4.59. The number of halogens is 5. The summed E-state index contributed by atoms with van der Waals surface area (Å²) in [4.78, 5) is 58.5. The summed E-state index contributed by atoms with van der Waals surface area (Å²) in [7, 11) is 0. The number of para-hydroxylation sites is 2. The van der Waals surface area contributed by atoms with Gasteiger partial charge in [0.2, 0.25) is 0 Å². The van der Waals surface area contributed by atoms with Crippen LogP contribution in [0.25, 0.3) is 145 Å². The standard InChI is InChI=1S/C29H21BrN2.C20H13BrN2.3C13H8BrN3/c1-29(2)24-16-19(12-14-21(24)22-15-13-20(30)17-25(22)29)28-31-26-11-7-6-10-23(26)27(32-28)18-8-4-3-5-9-18;21-16-12-10-15(11-13-16)20-22-18-9-5-4-8-17(18)19(23-20)14-6-2-1-3-7-14;14-13-16-10-7-4-8-15-12(10)11(17-13)9-5-2-1-3-6-9;2*14-13-16-11(9-5-2-1-3-6-9)10-7-4-8-15-12(10)17-13/h3-17H,1-2H3;1-13H;3*1-8H. The van der Waals surface area contributed by atoms with Gasteiger partial charge in [0.25, 0.3) is 0 Å². The Bertz CT molecular complexity index is 5900. The first-order valence-corrected chi connectivity index (χ1v) is 37.7. The van der Waals surface area contributed by atoms with Crippen molar-refractivity contribution in [2.75, 3.05) is 0 Å². The van der Waals surface area contributed by atoms with Crippen LogP contribution in [0.15, 0.2) is 339 Å². The first-order valence-electron chi connectivity index (χ1n) is 33.7. The van der Waals surface area contributed by atoms with Gasteiger partial charge in [-0.1, -0.05) is 264 Å². The van der Waals surface area contributed by atoms with E-state index in [0.29, 0.717) is 25.5 Å². The molecule has 13 nitrogen and oxygen atoms in total. The fourth-order valence-corrected chi connectivity index (χ4v) is 14.4. The zero-order valence-electron chi connectivity index (χ0n) is 56.7. The molecule has 19 rings (SSSR count). The van der Waals surface area contributed by atoms with Crippen molar-refractivity contribution in [1.82, 2.24) is 64.8 Å². The third-order valence-corrected chi connectivity index (χ3v) is 19.8. The molecule has 0 saturated heterocycles. The number of nitrogens with zero attached hydrogens (tertiary/aromatic N) is 13. The van der Waals surface area contributed by atoms with Crippen LogP contribution in [0, 0.1) is 0 Å². The van der Waals surface area contributed by atoms with E-state index in [-0.39, 0.29) is 5.41 Å². The lowest BCUT2D eigenvalue weighted by molar-refractivity contribution is 0.660. The highest BCUT2D eigenvalue weighted by Crippen LogP contribution is 2.50. The molecule has 0 radical (unpaired) electrons. The minimum absolute atomic E-state index is 0.0798. The second-order valence-electron chi connectivity index (χ2n) is 24.9. The van der Waals surface area contributed by atoms with Gasteiger partial charge >= 0.3 is 0 Å². The van der Waals surface area contributed by atoms with E-state index in [2.05, 4.69) is 229 Å². The molecule has 106 heavy (non-hydrogen) atoms. The van der Waals surface area contributed by atoms with Gasteiger partial charge in [-0.15, -0.1) is 0 Å². The zero-order chi connectivity index (χ0) is 72.5. The molecule has 0 unspecified atom stereocenters. The predicted octanol–water partition coefficient (Wildman–Crippen LogP) is 24.1. The Kier molecular flexibility index (Phi) is 21.3. The first kappa shape index (κ1) is 70.4. The maximum Gasteiger partial charge on any atom is 0.199 e. The largest absolute Gasteiger partial charge is 0.252 e. The molecule has 0 bridgehead atoms. The minimum atomic E-state index is -0.0798. The van der Waals surface area contributed by atoms with Gasteiger partial charge in [-0.2, -0.15) is 0 Å². The lowest BCUT2D eigenvalue weighted by atomic mass is 9.82. The molecule has 8 heterocycles. The van der Waals surface area contributed by atoms with Crippen LogP contribution in [0.1, 0.15) is 25.0 Å². The average Bonchev–Trinajstić information content (AvgIpc) is 1.57. The summed E-state index contributed by atoms with van der Waals surface area (Å²) in [6.07, 6.45) is 5.22. The predicted molar refractivity (Wildman–Crippen MR) is 445 cm³/mol. The van der Waals surface area contributed by atoms with E-state index in [0.717, 1.165) is 132 Å². The van der Waals surface area contributed by atoms with Crippen LogP contribution >= 0.6 is 79.6 Å². The van der Waals surface area contributed by atoms with Gasteiger partial charge in [0.1, 0.15) is 11.2 Å². The highest BCUT2D eigenvalue weighted by molar-refractivity contribution is 9.11. The molecule has 0 fully saturated rings. The van der Waals surface area contributed by atoms with Crippen molar-refractivity contribution in [2.24, 2.45) is 0 Å². The van der Waals surface area contributed by atoms with Crippen LogP contribution < -0.4 is 0 Å². The third-order valence-electron chi connectivity index (χ3n) is 17.8. The number of hydrogen-bond donors (Lipinski definition) is 0. The highest BCUT2D eigenvalue weighted by atomic mass is 79.9. The molecule has 0 aliphatic heterocycles. The molecule has 1 aliphatic carbocycles. The molecule has 510 valence electrons. The molecule has 0 N–H and O–H groups in total. The van der Waals surface area contributed by atoms with Crippen molar-refractivity contribution in [3.63, 3.8) is 0 Å².